The van der Waals surface area contributed by atoms with Crippen LogP contribution in [0.1, 0.15) is 18.1 Å². The Labute approximate surface area is 163 Å². The van der Waals surface area contributed by atoms with E-state index < -0.39 is 29.5 Å². The fraction of sp³-hybridized carbons (Fsp3) is 0.182. The molecule has 0 unspecified atom stereocenters. The van der Waals surface area contributed by atoms with E-state index in [1.165, 1.54) is 6.08 Å². The van der Waals surface area contributed by atoms with Gasteiger partial charge in [-0.15, -0.1) is 0 Å². The maximum absolute atomic E-state index is 13.5. The first-order valence-corrected chi connectivity index (χ1v) is 8.85. The molecule has 28 heavy (non-hydrogen) atoms. The van der Waals surface area contributed by atoms with Gasteiger partial charge in [-0.25, -0.2) is 8.78 Å². The summed E-state index contributed by atoms with van der Waals surface area (Å²) in [5.74, 6) is -2.40. The van der Waals surface area contributed by atoms with Gasteiger partial charge in [-0.05, 0) is 36.3 Å². The van der Waals surface area contributed by atoms with Crippen LogP contribution in [0.15, 0.2) is 66.8 Å². The number of hydrogen-bond donors (Lipinski definition) is 2. The molecule has 2 aromatic rings. The molecule has 0 aliphatic rings. The lowest BCUT2D eigenvalue weighted by atomic mass is 10.0. The largest absolute Gasteiger partial charge is 0.351 e. The summed E-state index contributed by atoms with van der Waals surface area (Å²) in [6, 6.07) is 11.3. The van der Waals surface area contributed by atoms with Crippen molar-refractivity contribution < 1.29 is 18.4 Å². The zero-order valence-corrected chi connectivity index (χ0v) is 15.5. The van der Waals surface area contributed by atoms with Gasteiger partial charge in [0.05, 0.1) is 0 Å². The maximum atomic E-state index is 13.5. The number of amides is 2. The molecule has 6 heteroatoms. The third kappa shape index (κ3) is 7.15. The Hall–Kier alpha value is -3.28. The maximum Gasteiger partial charge on any atom is 0.244 e. The van der Waals surface area contributed by atoms with Crippen molar-refractivity contribution >= 4 is 17.9 Å². The fourth-order valence-corrected chi connectivity index (χ4v) is 2.53. The fourth-order valence-electron chi connectivity index (χ4n) is 2.53. The number of rotatable bonds is 8. The van der Waals surface area contributed by atoms with E-state index in [4.69, 9.17) is 0 Å². The Morgan fingerprint density at radius 1 is 1.07 bits per heavy atom. The Morgan fingerprint density at radius 3 is 2.39 bits per heavy atom. The molecule has 0 fully saturated rings. The van der Waals surface area contributed by atoms with Gasteiger partial charge in [0.2, 0.25) is 11.8 Å². The molecule has 1 atom stereocenters. The van der Waals surface area contributed by atoms with Crippen LogP contribution >= 0.6 is 0 Å². The topological polar surface area (TPSA) is 58.2 Å². The average Bonchev–Trinajstić information content (AvgIpc) is 2.66. The number of halogens is 2. The van der Waals surface area contributed by atoms with E-state index >= 15 is 0 Å². The highest BCUT2D eigenvalue weighted by Gasteiger charge is 2.20. The normalized spacial score (nSPS) is 12.2. The van der Waals surface area contributed by atoms with Crippen molar-refractivity contribution in [1.29, 1.82) is 0 Å². The molecule has 0 saturated heterocycles. The number of hydrogen-bond acceptors (Lipinski definition) is 2. The molecule has 4 nitrogen and oxygen atoms in total. The first-order valence-electron chi connectivity index (χ1n) is 8.85. The van der Waals surface area contributed by atoms with Gasteiger partial charge in [-0.3, -0.25) is 9.59 Å². The Kier molecular flexibility index (Phi) is 8.09. The lowest BCUT2D eigenvalue weighted by Gasteiger charge is -2.17. The van der Waals surface area contributed by atoms with Crippen LogP contribution in [0.5, 0.6) is 0 Å². The predicted molar refractivity (Wildman–Crippen MR) is 105 cm³/mol. The first-order chi connectivity index (χ1) is 13.5. The quantitative estimate of drug-likeness (QED) is 0.541. The Morgan fingerprint density at radius 2 is 1.75 bits per heavy atom. The second-order valence-corrected chi connectivity index (χ2v) is 6.10. The molecule has 0 aliphatic heterocycles. The van der Waals surface area contributed by atoms with E-state index in [2.05, 4.69) is 10.6 Å². The minimum atomic E-state index is -0.973. The predicted octanol–water partition coefficient (Wildman–Crippen LogP) is 3.40. The highest BCUT2D eigenvalue weighted by atomic mass is 19.1. The summed E-state index contributed by atoms with van der Waals surface area (Å²) in [5.41, 5.74) is 1.11. The summed E-state index contributed by atoms with van der Waals surface area (Å²) in [5, 5.41) is 5.25. The summed E-state index contributed by atoms with van der Waals surface area (Å²) in [7, 11) is 0. The highest BCUT2D eigenvalue weighted by molar-refractivity contribution is 5.95. The van der Waals surface area contributed by atoms with E-state index in [1.54, 1.807) is 18.2 Å². The Balaban J connectivity index is 2.11. The second kappa shape index (κ2) is 10.8. The molecule has 0 saturated carbocycles. The third-order valence-corrected chi connectivity index (χ3v) is 3.85. The molecular weight excluding hydrogens is 362 g/mol. The summed E-state index contributed by atoms with van der Waals surface area (Å²) in [6.07, 6.45) is 6.41. The molecule has 2 N–H and O–H groups in total. The summed E-state index contributed by atoms with van der Waals surface area (Å²) in [6.45, 7) is 2.11. The van der Waals surface area contributed by atoms with Gasteiger partial charge in [0.25, 0.3) is 0 Å². The van der Waals surface area contributed by atoms with Gasteiger partial charge in [-0.2, -0.15) is 0 Å². The molecule has 2 amide bonds. The van der Waals surface area contributed by atoms with Crippen LogP contribution in [-0.2, 0) is 16.0 Å². The third-order valence-electron chi connectivity index (χ3n) is 3.85. The van der Waals surface area contributed by atoms with Crippen LogP contribution in [0.4, 0.5) is 8.78 Å². The molecule has 0 aliphatic carbocycles. The molecule has 2 rings (SSSR count). The van der Waals surface area contributed by atoms with Crippen molar-refractivity contribution in [2.45, 2.75) is 19.4 Å². The minimum absolute atomic E-state index is 0.0404. The van der Waals surface area contributed by atoms with Crippen LogP contribution in [0.25, 0.3) is 6.08 Å². The number of carbonyl (C=O) groups excluding carboxylic acids is 2. The zero-order valence-electron chi connectivity index (χ0n) is 15.5. The molecule has 0 bridgehead atoms. The number of nitrogens with one attached hydrogen (secondary N) is 2. The molecule has 0 spiro atoms. The number of carbonyl (C=O) groups is 2. The van der Waals surface area contributed by atoms with E-state index in [1.807, 2.05) is 37.3 Å². The monoisotopic (exact) mass is 384 g/mol. The van der Waals surface area contributed by atoms with E-state index in [0.717, 1.165) is 23.8 Å². The molecule has 146 valence electrons. The van der Waals surface area contributed by atoms with Crippen LogP contribution < -0.4 is 10.6 Å². The van der Waals surface area contributed by atoms with Crippen LogP contribution in [0.2, 0.25) is 0 Å². The van der Waals surface area contributed by atoms with Gasteiger partial charge in [0.15, 0.2) is 0 Å². The first kappa shape index (κ1) is 21.0. The van der Waals surface area contributed by atoms with Crippen LogP contribution in [0, 0.1) is 11.6 Å². The van der Waals surface area contributed by atoms with Gasteiger partial charge < -0.3 is 10.6 Å². The summed E-state index contributed by atoms with van der Waals surface area (Å²) >= 11 is 0. The van der Waals surface area contributed by atoms with Gasteiger partial charge in [0, 0.05) is 25.1 Å². The van der Waals surface area contributed by atoms with Crippen molar-refractivity contribution in [3.8, 4) is 0 Å². The van der Waals surface area contributed by atoms with E-state index in [-0.39, 0.29) is 12.0 Å². The standard InChI is InChI=1S/C22H22F2N2O2/c1-2-3-11-25-22(28)20(14-17-12-18(23)15-19(24)13-17)26-21(27)10-9-16-7-5-4-6-8-16/h2-10,12-13,15,20H,11,14H2,1H3,(H,25,28)(H,26,27)/b3-2-,10-9+/t20-/m0/s1. The average molecular weight is 384 g/mol. The van der Waals surface area contributed by atoms with Crippen LogP contribution in [0.3, 0.4) is 0 Å². The highest BCUT2D eigenvalue weighted by Crippen LogP contribution is 2.11. The van der Waals surface area contributed by atoms with Crippen molar-refractivity contribution in [1.82, 2.24) is 10.6 Å². The number of allylic oxidation sites excluding steroid dienone is 1. The molecular formula is C22H22F2N2O2. The van der Waals surface area contributed by atoms with Crippen molar-refractivity contribution in [2.24, 2.45) is 0 Å². The van der Waals surface area contributed by atoms with Crippen molar-refractivity contribution in [3.05, 3.63) is 89.5 Å². The molecule has 0 heterocycles. The second-order valence-electron chi connectivity index (χ2n) is 6.10. The van der Waals surface area contributed by atoms with E-state index in [0.29, 0.717) is 6.54 Å². The SMILES string of the molecule is C/C=C\CNC(=O)[C@H](Cc1cc(F)cc(F)c1)NC(=O)/C=C/c1ccccc1. The molecule has 2 aromatic carbocycles. The molecule has 0 radical (unpaired) electrons. The minimum Gasteiger partial charge on any atom is -0.351 e. The van der Waals surface area contributed by atoms with Gasteiger partial charge >= 0.3 is 0 Å². The van der Waals surface area contributed by atoms with Gasteiger partial charge in [0.1, 0.15) is 17.7 Å². The summed E-state index contributed by atoms with van der Waals surface area (Å²) in [4.78, 5) is 24.7. The van der Waals surface area contributed by atoms with Gasteiger partial charge in [-0.1, -0.05) is 42.5 Å². The Bertz CT molecular complexity index is 844. The van der Waals surface area contributed by atoms with Crippen LogP contribution in [-0.4, -0.2) is 24.4 Å². The van der Waals surface area contributed by atoms with E-state index in [9.17, 15) is 18.4 Å². The zero-order chi connectivity index (χ0) is 20.4. The lowest BCUT2D eigenvalue weighted by Crippen LogP contribution is -2.47. The lowest BCUT2D eigenvalue weighted by molar-refractivity contribution is -0.126. The van der Waals surface area contributed by atoms with Crippen molar-refractivity contribution in [2.75, 3.05) is 6.54 Å². The number of benzene rings is 2. The molecule has 0 aromatic heterocycles. The smallest absolute Gasteiger partial charge is 0.244 e. The van der Waals surface area contributed by atoms with Crippen molar-refractivity contribution in [3.63, 3.8) is 0 Å². The summed E-state index contributed by atoms with van der Waals surface area (Å²) < 4.78 is 26.9.